The minimum absolute atomic E-state index is 0.114. The molecule has 0 radical (unpaired) electrons. The molecule has 0 bridgehead atoms. The first kappa shape index (κ1) is 31.2. The molecule has 6 unspecified atom stereocenters. The molecule has 0 aromatic carbocycles. The first-order valence-corrected chi connectivity index (χ1v) is 13.5. The minimum Gasteiger partial charge on any atom is -0.431 e. The number of nitrogens with zero attached hydrogens (tertiary/aromatic N) is 2. The Bertz CT molecular complexity index is 414. The second-order valence-corrected chi connectivity index (χ2v) is 9.90. The van der Waals surface area contributed by atoms with Crippen LogP contribution in [0.25, 0.3) is 0 Å². The van der Waals surface area contributed by atoms with Gasteiger partial charge in [-0.15, -0.1) is 0 Å². The van der Waals surface area contributed by atoms with Crippen molar-refractivity contribution < 1.29 is 14.3 Å². The van der Waals surface area contributed by atoms with Gasteiger partial charge in [0.25, 0.3) is 0 Å². The summed E-state index contributed by atoms with van der Waals surface area (Å²) in [6, 6.07) is 2.35. The molecule has 192 valence electrons. The van der Waals surface area contributed by atoms with Gasteiger partial charge in [-0.1, -0.05) is 27.7 Å². The molecule has 0 saturated carbocycles. The predicted octanol–water partition coefficient (Wildman–Crippen LogP) is 7.28. The highest BCUT2D eigenvalue weighted by Crippen LogP contribution is 2.16. The Balaban J connectivity index is 4.29. The van der Waals surface area contributed by atoms with Gasteiger partial charge < -0.3 is 9.47 Å². The van der Waals surface area contributed by atoms with Crippen molar-refractivity contribution in [1.82, 2.24) is 9.80 Å². The van der Waals surface area contributed by atoms with Gasteiger partial charge in [0.15, 0.2) is 0 Å². The van der Waals surface area contributed by atoms with E-state index in [1.807, 2.05) is 13.8 Å². The van der Waals surface area contributed by atoms with Gasteiger partial charge >= 0.3 is 6.16 Å². The smallest absolute Gasteiger partial charge is 0.431 e. The van der Waals surface area contributed by atoms with Crippen molar-refractivity contribution >= 4 is 6.16 Å². The molecule has 0 aromatic rings. The summed E-state index contributed by atoms with van der Waals surface area (Å²) in [6.07, 6.45) is 7.68. The van der Waals surface area contributed by atoms with Crippen LogP contribution < -0.4 is 0 Å². The minimum atomic E-state index is -0.522. The largest absolute Gasteiger partial charge is 0.508 e. The van der Waals surface area contributed by atoms with Gasteiger partial charge in [0.05, 0.1) is 0 Å². The van der Waals surface area contributed by atoms with Crippen LogP contribution in [-0.2, 0) is 9.47 Å². The quantitative estimate of drug-likeness (QED) is 0.203. The maximum absolute atomic E-state index is 12.2. The van der Waals surface area contributed by atoms with E-state index >= 15 is 0 Å². The van der Waals surface area contributed by atoms with Crippen LogP contribution in [0.1, 0.15) is 121 Å². The number of rotatable bonds is 18. The zero-order valence-corrected chi connectivity index (χ0v) is 23.2. The Hall–Kier alpha value is -0.810. The molecule has 5 nitrogen and oxygen atoms in total. The fourth-order valence-corrected chi connectivity index (χ4v) is 4.29. The second-order valence-electron chi connectivity index (χ2n) is 9.90. The molecule has 0 aliphatic carbocycles. The summed E-state index contributed by atoms with van der Waals surface area (Å²) in [5.41, 5.74) is 0. The van der Waals surface area contributed by atoms with Crippen molar-refractivity contribution in [3.05, 3.63) is 0 Å². The molecule has 32 heavy (non-hydrogen) atoms. The van der Waals surface area contributed by atoms with Gasteiger partial charge in [-0.25, -0.2) is 4.79 Å². The molecule has 0 aliphatic rings. The molecule has 0 spiro atoms. The van der Waals surface area contributed by atoms with Crippen LogP contribution in [0.3, 0.4) is 0 Å². The van der Waals surface area contributed by atoms with Gasteiger partial charge in [-0.05, 0) is 106 Å². The number of carbonyl (C=O) groups is 1. The van der Waals surface area contributed by atoms with Crippen LogP contribution in [0.2, 0.25) is 0 Å². The van der Waals surface area contributed by atoms with E-state index in [2.05, 4.69) is 65.2 Å². The van der Waals surface area contributed by atoms with Crippen molar-refractivity contribution in [3.63, 3.8) is 0 Å². The maximum Gasteiger partial charge on any atom is 0.508 e. The monoisotopic (exact) mass is 456 g/mol. The molecule has 0 N–H and O–H groups in total. The van der Waals surface area contributed by atoms with Crippen LogP contribution in [-0.4, -0.2) is 65.4 Å². The second kappa shape index (κ2) is 17.6. The summed E-state index contributed by atoms with van der Waals surface area (Å²) >= 11 is 0. The summed E-state index contributed by atoms with van der Waals surface area (Å²) in [7, 11) is 0. The van der Waals surface area contributed by atoms with E-state index < -0.39 is 6.16 Å². The Morgan fingerprint density at radius 3 is 1.12 bits per heavy atom. The molecule has 0 saturated heterocycles. The number of hydrogen-bond donors (Lipinski definition) is 0. The summed E-state index contributed by atoms with van der Waals surface area (Å²) in [5, 5.41) is 0. The number of hydrogen-bond acceptors (Lipinski definition) is 5. The average Bonchev–Trinajstić information content (AvgIpc) is 2.77. The lowest BCUT2D eigenvalue weighted by Gasteiger charge is -2.34. The highest BCUT2D eigenvalue weighted by Gasteiger charge is 2.20. The lowest BCUT2D eigenvalue weighted by atomic mass is 10.1. The van der Waals surface area contributed by atoms with E-state index in [4.69, 9.17) is 9.47 Å². The van der Waals surface area contributed by atoms with Crippen LogP contribution >= 0.6 is 0 Å². The molecule has 0 heterocycles. The SMILES string of the molecule is CCC(C)N(CCCC(C)OC(=O)OC(C)CCCN(C(C)CC)C(C)CC)C(C)CC. The Labute approximate surface area is 200 Å². The van der Waals surface area contributed by atoms with Crippen LogP contribution in [0.4, 0.5) is 4.79 Å². The van der Waals surface area contributed by atoms with E-state index in [-0.39, 0.29) is 12.2 Å². The lowest BCUT2D eigenvalue weighted by Crippen LogP contribution is -2.40. The molecular formula is C27H56N2O3. The van der Waals surface area contributed by atoms with E-state index in [9.17, 15) is 4.79 Å². The fraction of sp³-hybridized carbons (Fsp3) is 0.963. The van der Waals surface area contributed by atoms with E-state index in [1.165, 1.54) is 0 Å². The average molecular weight is 457 g/mol. The molecule has 0 amide bonds. The van der Waals surface area contributed by atoms with Gasteiger partial charge in [0.1, 0.15) is 12.2 Å². The zero-order chi connectivity index (χ0) is 24.7. The molecular weight excluding hydrogens is 400 g/mol. The summed E-state index contributed by atoms with van der Waals surface area (Å²) in [5.74, 6) is 0. The third-order valence-electron chi connectivity index (χ3n) is 7.28. The Morgan fingerprint density at radius 1 is 0.594 bits per heavy atom. The van der Waals surface area contributed by atoms with Crippen molar-refractivity contribution in [2.24, 2.45) is 0 Å². The third kappa shape index (κ3) is 12.4. The Kier molecular flexibility index (Phi) is 17.2. The molecule has 0 aromatic heterocycles. The number of carbonyl (C=O) groups excluding carboxylic acids is 1. The zero-order valence-electron chi connectivity index (χ0n) is 23.2. The van der Waals surface area contributed by atoms with Crippen molar-refractivity contribution in [2.45, 2.75) is 157 Å². The molecule has 0 aliphatic heterocycles. The van der Waals surface area contributed by atoms with Gasteiger partial charge in [-0.2, -0.15) is 0 Å². The normalized spacial score (nSPS) is 17.6. The fourth-order valence-electron chi connectivity index (χ4n) is 4.29. The summed E-state index contributed by atoms with van der Waals surface area (Å²) < 4.78 is 11.1. The van der Waals surface area contributed by atoms with Crippen molar-refractivity contribution in [3.8, 4) is 0 Å². The topological polar surface area (TPSA) is 42.0 Å². The highest BCUT2D eigenvalue weighted by molar-refractivity contribution is 5.60. The van der Waals surface area contributed by atoms with Crippen molar-refractivity contribution in [2.75, 3.05) is 13.1 Å². The first-order valence-electron chi connectivity index (χ1n) is 13.5. The first-order chi connectivity index (χ1) is 15.1. The van der Waals surface area contributed by atoms with Crippen molar-refractivity contribution in [1.29, 1.82) is 0 Å². The molecule has 6 atom stereocenters. The Morgan fingerprint density at radius 2 is 0.875 bits per heavy atom. The molecule has 0 fully saturated rings. The van der Waals surface area contributed by atoms with Gasteiger partial charge in [0, 0.05) is 24.2 Å². The van der Waals surface area contributed by atoms with Crippen LogP contribution in [0.15, 0.2) is 0 Å². The standard InChI is InChI=1S/C27H56N2O3/c1-11-21(5)28(22(6)12-2)19-15-17-25(9)31-27(30)32-26(10)18-16-20-29(23(7)13-3)24(8)14-4/h21-26H,11-20H2,1-10H3. The third-order valence-corrected chi connectivity index (χ3v) is 7.28. The molecule has 5 heteroatoms. The van der Waals surface area contributed by atoms with E-state index in [1.54, 1.807) is 0 Å². The highest BCUT2D eigenvalue weighted by atomic mass is 16.7. The number of ether oxygens (including phenoxy) is 2. The van der Waals surface area contributed by atoms with Crippen LogP contribution in [0.5, 0.6) is 0 Å². The van der Waals surface area contributed by atoms with E-state index in [0.717, 1.165) is 64.5 Å². The van der Waals surface area contributed by atoms with Crippen LogP contribution in [0, 0.1) is 0 Å². The summed E-state index contributed by atoms with van der Waals surface area (Å²) in [4.78, 5) is 17.4. The molecule has 0 rings (SSSR count). The van der Waals surface area contributed by atoms with Gasteiger partial charge in [0.2, 0.25) is 0 Å². The predicted molar refractivity (Wildman–Crippen MR) is 137 cm³/mol. The van der Waals surface area contributed by atoms with E-state index in [0.29, 0.717) is 24.2 Å². The van der Waals surface area contributed by atoms with Gasteiger partial charge in [-0.3, -0.25) is 9.80 Å². The maximum atomic E-state index is 12.2. The lowest BCUT2D eigenvalue weighted by molar-refractivity contribution is 0.000565. The summed E-state index contributed by atoms with van der Waals surface area (Å²) in [6.45, 7) is 24.2.